The van der Waals surface area contributed by atoms with Crippen molar-refractivity contribution in [3.05, 3.63) is 23.8 Å². The van der Waals surface area contributed by atoms with Crippen LogP contribution in [0.15, 0.2) is 23.8 Å². The Labute approximate surface area is 418 Å². The minimum absolute atomic E-state index is 0.0395. The number of fused-ring (bicyclic) bond motifs is 5. The molecule has 72 heavy (non-hydrogen) atoms. The highest BCUT2D eigenvalue weighted by atomic mass is 32.3. The summed E-state index contributed by atoms with van der Waals surface area (Å²) in [5.41, 5.74) is 0.495. The van der Waals surface area contributed by atoms with E-state index in [4.69, 9.17) is 47.4 Å². The normalized spacial score (nSPS) is 52.1. The Hall–Kier alpha value is -1.86. The van der Waals surface area contributed by atoms with E-state index in [1.807, 2.05) is 6.92 Å². The van der Waals surface area contributed by atoms with E-state index < -0.39 is 151 Å². The topological polar surface area (TPSA) is 338 Å². The third-order valence-corrected chi connectivity index (χ3v) is 18.9. The van der Waals surface area contributed by atoms with Gasteiger partial charge in [-0.25, -0.2) is 8.42 Å². The largest absolute Gasteiger partial charge is 0.726 e. The van der Waals surface area contributed by atoms with Gasteiger partial charge in [-0.05, 0) is 75.0 Å². The summed E-state index contributed by atoms with van der Waals surface area (Å²) in [7, 11) is -4.14. The fourth-order valence-electron chi connectivity index (χ4n) is 14.9. The van der Waals surface area contributed by atoms with Crippen LogP contribution in [-0.4, -0.2) is 210 Å². The molecule has 3 saturated carbocycles. The van der Waals surface area contributed by atoms with Crippen LogP contribution in [0.5, 0.6) is 0 Å². The van der Waals surface area contributed by atoms with Crippen LogP contribution in [0.3, 0.4) is 0 Å². The molecule has 9 rings (SSSR count). The van der Waals surface area contributed by atoms with Gasteiger partial charge in [-0.1, -0.05) is 51.5 Å². The van der Waals surface area contributed by atoms with Crippen LogP contribution in [0.1, 0.15) is 80.1 Å². The van der Waals surface area contributed by atoms with Crippen molar-refractivity contribution in [2.75, 3.05) is 26.9 Å². The van der Waals surface area contributed by atoms with Gasteiger partial charge in [-0.2, -0.15) is 0 Å². The molecule has 5 saturated heterocycles. The Bertz CT molecular complexity index is 2160. The maximum Gasteiger partial charge on any atom is 0.314 e. The first-order valence-electron chi connectivity index (χ1n) is 25.0. The van der Waals surface area contributed by atoms with E-state index in [1.165, 1.54) is 19.6 Å². The number of methoxy groups -OCH3 is 1. The van der Waals surface area contributed by atoms with Crippen molar-refractivity contribution >= 4 is 16.4 Å². The highest BCUT2D eigenvalue weighted by Crippen LogP contribution is 2.76. The number of aliphatic hydroxyl groups is 8. The summed E-state index contributed by atoms with van der Waals surface area (Å²) >= 11 is 0. The third-order valence-electron chi connectivity index (χ3n) is 18.4. The number of carbonyl (C=O) groups excluding carboxylic acids is 1. The molecule has 0 amide bonds. The van der Waals surface area contributed by atoms with E-state index in [2.05, 4.69) is 44.5 Å². The first-order chi connectivity index (χ1) is 33.7. The molecule has 5 heterocycles. The molecular weight excluding hydrogens is 977 g/mol. The zero-order valence-electron chi connectivity index (χ0n) is 41.5. The highest BCUT2D eigenvalue weighted by molar-refractivity contribution is 7.80. The van der Waals surface area contributed by atoms with Crippen molar-refractivity contribution in [1.82, 2.24) is 0 Å². The number of allylic oxidation sites excluding steroid dienone is 2. The molecular formula is C48H73O23S-. The molecule has 4 aliphatic carbocycles. The van der Waals surface area contributed by atoms with Crippen molar-refractivity contribution in [3.63, 3.8) is 0 Å². The van der Waals surface area contributed by atoms with Crippen LogP contribution in [0.4, 0.5) is 0 Å². The van der Waals surface area contributed by atoms with Crippen molar-refractivity contribution in [3.8, 4) is 0 Å². The van der Waals surface area contributed by atoms with Crippen LogP contribution in [0.25, 0.3) is 0 Å². The van der Waals surface area contributed by atoms with Gasteiger partial charge in [0.2, 0.25) is 10.4 Å². The number of ether oxygens (including phenoxy) is 10. The number of rotatable bonds is 13. The molecule has 2 bridgehead atoms. The molecule has 0 aromatic heterocycles. The molecule has 24 heteroatoms. The molecule has 26 atom stereocenters. The van der Waals surface area contributed by atoms with E-state index in [-0.39, 0.29) is 47.3 Å². The molecule has 5 aliphatic heterocycles. The first kappa shape index (κ1) is 54.9. The lowest BCUT2D eigenvalue weighted by Gasteiger charge is -2.64. The fourth-order valence-corrected chi connectivity index (χ4v) is 15.4. The minimum atomic E-state index is -5.38. The predicted octanol–water partition coefficient (Wildman–Crippen LogP) is -1.21. The third kappa shape index (κ3) is 8.87. The van der Waals surface area contributed by atoms with Crippen LogP contribution in [0.2, 0.25) is 0 Å². The summed E-state index contributed by atoms with van der Waals surface area (Å²) < 4.78 is 98.9. The predicted molar refractivity (Wildman–Crippen MR) is 240 cm³/mol. The average Bonchev–Trinajstić information content (AvgIpc) is 3.74. The van der Waals surface area contributed by atoms with Gasteiger partial charge in [0, 0.05) is 18.4 Å². The Kier molecular flexibility index (Phi) is 15.1. The summed E-state index contributed by atoms with van der Waals surface area (Å²) in [5.74, 6) is 0.0846. The van der Waals surface area contributed by atoms with Crippen LogP contribution < -0.4 is 0 Å². The van der Waals surface area contributed by atoms with Gasteiger partial charge < -0.3 is 92.8 Å². The highest BCUT2D eigenvalue weighted by Gasteiger charge is 2.76. The lowest BCUT2D eigenvalue weighted by atomic mass is 9.40. The minimum Gasteiger partial charge on any atom is -0.726 e. The Morgan fingerprint density at radius 2 is 1.46 bits per heavy atom. The number of carbonyl (C=O) groups is 1. The number of aliphatic hydroxyl groups excluding tert-OH is 8. The van der Waals surface area contributed by atoms with Gasteiger partial charge in [-0.15, -0.1) is 0 Å². The molecule has 410 valence electrons. The lowest BCUT2D eigenvalue weighted by molar-refractivity contribution is -0.386. The van der Waals surface area contributed by atoms with Crippen molar-refractivity contribution in [2.45, 2.75) is 203 Å². The Balaban J connectivity index is 0.904. The van der Waals surface area contributed by atoms with Gasteiger partial charge in [0.05, 0.1) is 37.4 Å². The summed E-state index contributed by atoms with van der Waals surface area (Å²) in [6, 6.07) is 0. The van der Waals surface area contributed by atoms with E-state index in [0.29, 0.717) is 19.3 Å². The Morgan fingerprint density at radius 3 is 2.12 bits per heavy atom. The van der Waals surface area contributed by atoms with Crippen molar-refractivity contribution in [2.24, 2.45) is 39.4 Å². The second kappa shape index (κ2) is 19.9. The number of hydrogen-bond donors (Lipinski definition) is 8. The average molecular weight is 1050 g/mol. The molecule has 9 aliphatic rings. The molecule has 0 unspecified atom stereocenters. The first-order valence-corrected chi connectivity index (χ1v) is 26.3. The maximum atomic E-state index is 13.7. The SMILES string of the molecule is C=C(C)[C@H]1[C@@H]2C[C@@]3(C)C4=CC[C@H]5C(C)(C)[C@@H](O[C@@H]6OC[C@@H](OS(=O)(=O)[O-])[C@H](O)[C@H]6O[C@@H]6O[C@H](C)[C@@H](O[C@@H]7O[C@H](CO)[C@@H](O)[C@H](O[C@@H]8OC[C@@H](O)[C@H](OC)[C@H]8O)[C@H]7O)[C@H](O)[C@H]6O)CC[C@]5(C)[C@@H]4CC[C@]13C(=O)O2. The van der Waals surface area contributed by atoms with E-state index in [0.717, 1.165) is 24.8 Å². The monoisotopic (exact) mass is 1050 g/mol. The second-order valence-electron chi connectivity index (χ2n) is 22.7. The molecule has 23 nitrogen and oxygen atoms in total. The lowest BCUT2D eigenvalue weighted by Crippen LogP contribution is -2.66. The van der Waals surface area contributed by atoms with Gasteiger partial charge in [0.1, 0.15) is 85.5 Å². The summed E-state index contributed by atoms with van der Waals surface area (Å²) in [5, 5.41) is 88.2. The smallest absolute Gasteiger partial charge is 0.314 e. The van der Waals surface area contributed by atoms with Crippen molar-refractivity contribution in [1.29, 1.82) is 0 Å². The number of esters is 1. The maximum absolute atomic E-state index is 13.7. The summed E-state index contributed by atoms with van der Waals surface area (Å²) in [4.78, 5) is 13.7. The molecule has 8 fully saturated rings. The van der Waals surface area contributed by atoms with Gasteiger partial charge >= 0.3 is 5.97 Å². The molecule has 0 aromatic rings. The second-order valence-corrected chi connectivity index (χ2v) is 23.7. The zero-order chi connectivity index (χ0) is 52.4. The van der Waals surface area contributed by atoms with Gasteiger partial charge in [0.15, 0.2) is 25.2 Å². The van der Waals surface area contributed by atoms with E-state index in [1.54, 1.807) is 0 Å². The van der Waals surface area contributed by atoms with Crippen LogP contribution >= 0.6 is 0 Å². The van der Waals surface area contributed by atoms with E-state index in [9.17, 15) is 58.6 Å². The molecule has 0 radical (unpaired) electrons. The van der Waals surface area contributed by atoms with E-state index >= 15 is 0 Å². The van der Waals surface area contributed by atoms with Gasteiger partial charge in [0.25, 0.3) is 0 Å². The zero-order valence-corrected chi connectivity index (χ0v) is 42.4. The summed E-state index contributed by atoms with van der Waals surface area (Å²) in [6.07, 6.45) is -23.5. The fraction of sp³-hybridized carbons (Fsp3) is 0.896. The molecule has 8 N–H and O–H groups in total. The van der Waals surface area contributed by atoms with Crippen LogP contribution in [0, 0.1) is 39.4 Å². The van der Waals surface area contributed by atoms with Crippen molar-refractivity contribution < 1.29 is 110 Å². The quantitative estimate of drug-likeness (QED) is 0.0464. The summed E-state index contributed by atoms with van der Waals surface area (Å²) in [6.45, 7) is 14.7. The van der Waals surface area contributed by atoms with Crippen LogP contribution in [-0.2, 0) is 66.7 Å². The number of hydrogen-bond acceptors (Lipinski definition) is 23. The Morgan fingerprint density at radius 1 is 0.806 bits per heavy atom. The molecule has 1 spiro atoms. The molecule has 0 aromatic carbocycles. The van der Waals surface area contributed by atoms with Gasteiger partial charge in [-0.3, -0.25) is 8.98 Å². The standard InChI is InChI=1S/C48H74O23S/c1-19(2)29-24-15-47(7)22-9-10-27-45(4,5)28(12-13-46(27,6)21(22)11-14-48(29,47)44(57)66-24)67-43-39(31(52)26(18-63-43)71-72(58,59)60)70-41-33(54)32(53)36(20(3)64-41)68-42-35(56)38(30(51)25(16-49)65-42)69-40-34(55)37(61-8)23(50)17-62-40/h9,20-21,23-43,49-56H,1,10-18H2,2-8H3,(H,58,59,60)/p-1/t20-,21-,23-,24+,25-,26-,27+,28+,29+,30-,31+,32-,33-,34-,35-,36-,37+,38+,39-,40+,41+,42+,43+,46-,47+,48-/m1/s1.